The first-order valence-electron chi connectivity index (χ1n) is 7.35. The SMILES string of the molecule is Cc1cccc(C2CC(NCc3cc(F)ccc3F)C2)c1. The van der Waals surface area contributed by atoms with Gasteiger partial charge in [-0.25, -0.2) is 8.78 Å². The Balaban J connectivity index is 1.52. The first-order chi connectivity index (χ1) is 10.1. The zero-order chi connectivity index (χ0) is 14.8. The van der Waals surface area contributed by atoms with E-state index in [1.807, 2.05) is 0 Å². The molecule has 0 bridgehead atoms. The molecule has 110 valence electrons. The van der Waals surface area contributed by atoms with Crippen LogP contribution in [0.5, 0.6) is 0 Å². The fraction of sp³-hybridized carbons (Fsp3) is 0.333. The van der Waals surface area contributed by atoms with Gasteiger partial charge in [-0.1, -0.05) is 29.8 Å². The van der Waals surface area contributed by atoms with Gasteiger partial charge in [-0.05, 0) is 49.4 Å². The maximum atomic E-state index is 13.5. The van der Waals surface area contributed by atoms with Gasteiger partial charge in [0.2, 0.25) is 0 Å². The van der Waals surface area contributed by atoms with Crippen LogP contribution in [0.1, 0.15) is 35.4 Å². The lowest BCUT2D eigenvalue weighted by atomic mass is 9.75. The molecule has 21 heavy (non-hydrogen) atoms. The summed E-state index contributed by atoms with van der Waals surface area (Å²) in [5.74, 6) is -0.155. The van der Waals surface area contributed by atoms with Crippen molar-refractivity contribution in [2.45, 2.75) is 38.3 Å². The van der Waals surface area contributed by atoms with Gasteiger partial charge in [0.25, 0.3) is 0 Å². The third kappa shape index (κ3) is 3.30. The minimum atomic E-state index is -0.389. The van der Waals surface area contributed by atoms with Crippen LogP contribution in [-0.2, 0) is 6.54 Å². The normalized spacial score (nSPS) is 21.1. The third-order valence-corrected chi connectivity index (χ3v) is 4.24. The first-order valence-corrected chi connectivity index (χ1v) is 7.35. The summed E-state index contributed by atoms with van der Waals surface area (Å²) >= 11 is 0. The molecule has 0 unspecified atom stereocenters. The Bertz CT molecular complexity index is 633. The molecule has 0 amide bonds. The minimum Gasteiger partial charge on any atom is -0.310 e. The molecule has 0 radical (unpaired) electrons. The summed E-state index contributed by atoms with van der Waals surface area (Å²) in [7, 11) is 0. The molecule has 1 aliphatic rings. The van der Waals surface area contributed by atoms with E-state index in [1.54, 1.807) is 0 Å². The second kappa shape index (κ2) is 5.94. The summed E-state index contributed by atoms with van der Waals surface area (Å²) in [5.41, 5.74) is 3.06. The fourth-order valence-corrected chi connectivity index (χ4v) is 2.91. The Morgan fingerprint density at radius 3 is 2.67 bits per heavy atom. The zero-order valence-corrected chi connectivity index (χ0v) is 12.1. The topological polar surface area (TPSA) is 12.0 Å². The predicted octanol–water partition coefficient (Wildman–Crippen LogP) is 4.31. The van der Waals surface area contributed by atoms with Crippen molar-refractivity contribution in [1.82, 2.24) is 5.32 Å². The van der Waals surface area contributed by atoms with Gasteiger partial charge in [0.1, 0.15) is 11.6 Å². The van der Waals surface area contributed by atoms with Gasteiger partial charge >= 0.3 is 0 Å². The van der Waals surface area contributed by atoms with Crippen LogP contribution >= 0.6 is 0 Å². The number of nitrogens with one attached hydrogen (secondary N) is 1. The highest BCUT2D eigenvalue weighted by Gasteiger charge is 2.29. The van der Waals surface area contributed by atoms with Crippen LogP contribution in [0.25, 0.3) is 0 Å². The maximum absolute atomic E-state index is 13.5. The molecular weight excluding hydrogens is 268 g/mol. The smallest absolute Gasteiger partial charge is 0.127 e. The fourth-order valence-electron chi connectivity index (χ4n) is 2.91. The molecule has 3 heteroatoms. The summed E-state index contributed by atoms with van der Waals surface area (Å²) in [6, 6.07) is 12.6. The van der Waals surface area contributed by atoms with Crippen LogP contribution in [0.4, 0.5) is 8.78 Å². The maximum Gasteiger partial charge on any atom is 0.127 e. The molecule has 3 rings (SSSR count). The molecule has 1 aliphatic carbocycles. The van der Waals surface area contributed by atoms with E-state index in [1.165, 1.54) is 23.3 Å². The second-order valence-electron chi connectivity index (χ2n) is 5.90. The molecule has 0 heterocycles. The van der Waals surface area contributed by atoms with E-state index in [2.05, 4.69) is 36.5 Å². The molecule has 0 saturated heterocycles. The van der Waals surface area contributed by atoms with Gasteiger partial charge < -0.3 is 5.32 Å². The van der Waals surface area contributed by atoms with Gasteiger partial charge in [-0.2, -0.15) is 0 Å². The Labute approximate surface area is 124 Å². The van der Waals surface area contributed by atoms with Crippen LogP contribution in [0.15, 0.2) is 42.5 Å². The summed E-state index contributed by atoms with van der Waals surface area (Å²) in [5, 5.41) is 3.31. The number of benzene rings is 2. The van der Waals surface area contributed by atoms with Crippen molar-refractivity contribution in [1.29, 1.82) is 0 Å². The largest absolute Gasteiger partial charge is 0.310 e. The summed E-state index contributed by atoms with van der Waals surface area (Å²) in [4.78, 5) is 0. The number of hydrogen-bond donors (Lipinski definition) is 1. The van der Waals surface area contributed by atoms with Crippen LogP contribution in [0, 0.1) is 18.6 Å². The van der Waals surface area contributed by atoms with E-state index in [-0.39, 0.29) is 11.6 Å². The average molecular weight is 287 g/mol. The van der Waals surface area contributed by atoms with E-state index >= 15 is 0 Å². The summed E-state index contributed by atoms with van der Waals surface area (Å²) in [6.07, 6.45) is 2.11. The number of rotatable bonds is 4. The van der Waals surface area contributed by atoms with Crippen molar-refractivity contribution in [3.05, 3.63) is 70.8 Å². The standard InChI is InChI=1S/C18H19F2N/c1-12-3-2-4-13(7-12)14-9-17(10-14)21-11-15-8-16(19)5-6-18(15)20/h2-8,14,17,21H,9-11H2,1H3. The molecule has 0 aliphatic heterocycles. The van der Waals surface area contributed by atoms with Crippen LogP contribution < -0.4 is 5.32 Å². The molecule has 0 atom stereocenters. The highest BCUT2D eigenvalue weighted by Crippen LogP contribution is 2.37. The molecule has 0 spiro atoms. The van der Waals surface area contributed by atoms with Crippen LogP contribution in [0.2, 0.25) is 0 Å². The van der Waals surface area contributed by atoms with Crippen molar-refractivity contribution >= 4 is 0 Å². The van der Waals surface area contributed by atoms with E-state index in [0.29, 0.717) is 24.1 Å². The zero-order valence-electron chi connectivity index (χ0n) is 12.1. The van der Waals surface area contributed by atoms with Crippen LogP contribution in [0.3, 0.4) is 0 Å². The van der Waals surface area contributed by atoms with Gasteiger partial charge in [0.15, 0.2) is 0 Å². The third-order valence-electron chi connectivity index (χ3n) is 4.24. The van der Waals surface area contributed by atoms with Crippen molar-refractivity contribution in [2.75, 3.05) is 0 Å². The average Bonchev–Trinajstić information content (AvgIpc) is 2.41. The number of aryl methyl sites for hydroxylation is 1. The monoisotopic (exact) mass is 287 g/mol. The van der Waals surface area contributed by atoms with E-state index in [4.69, 9.17) is 0 Å². The van der Waals surface area contributed by atoms with Crippen molar-refractivity contribution in [3.8, 4) is 0 Å². The Kier molecular flexibility index (Phi) is 4.02. The lowest BCUT2D eigenvalue weighted by Gasteiger charge is -2.36. The lowest BCUT2D eigenvalue weighted by Crippen LogP contribution is -2.39. The highest BCUT2D eigenvalue weighted by atomic mass is 19.1. The molecule has 2 aromatic rings. The quantitative estimate of drug-likeness (QED) is 0.883. The molecule has 1 saturated carbocycles. The molecule has 1 N–H and O–H groups in total. The first kappa shape index (κ1) is 14.2. The molecule has 1 fully saturated rings. The van der Waals surface area contributed by atoms with Gasteiger partial charge in [-0.15, -0.1) is 0 Å². The Morgan fingerprint density at radius 1 is 1.10 bits per heavy atom. The van der Waals surface area contributed by atoms with Crippen LogP contribution in [-0.4, -0.2) is 6.04 Å². The van der Waals surface area contributed by atoms with Crippen molar-refractivity contribution < 1.29 is 8.78 Å². The van der Waals surface area contributed by atoms with E-state index in [0.717, 1.165) is 18.9 Å². The Morgan fingerprint density at radius 2 is 1.90 bits per heavy atom. The molecule has 2 aromatic carbocycles. The second-order valence-corrected chi connectivity index (χ2v) is 5.90. The minimum absolute atomic E-state index is 0.349. The van der Waals surface area contributed by atoms with Gasteiger partial charge in [0, 0.05) is 18.2 Å². The molecule has 0 aromatic heterocycles. The highest BCUT2D eigenvalue weighted by molar-refractivity contribution is 5.28. The van der Waals surface area contributed by atoms with E-state index in [9.17, 15) is 8.78 Å². The summed E-state index contributed by atoms with van der Waals surface area (Å²) < 4.78 is 26.6. The van der Waals surface area contributed by atoms with Crippen molar-refractivity contribution in [2.24, 2.45) is 0 Å². The molecule has 1 nitrogen and oxygen atoms in total. The molecular formula is C18H19F2N. The number of hydrogen-bond acceptors (Lipinski definition) is 1. The predicted molar refractivity (Wildman–Crippen MR) is 80.1 cm³/mol. The Hall–Kier alpha value is -1.74. The van der Waals surface area contributed by atoms with E-state index < -0.39 is 0 Å². The summed E-state index contributed by atoms with van der Waals surface area (Å²) in [6.45, 7) is 2.49. The van der Waals surface area contributed by atoms with Crippen molar-refractivity contribution in [3.63, 3.8) is 0 Å². The lowest BCUT2D eigenvalue weighted by molar-refractivity contribution is 0.288. The van der Waals surface area contributed by atoms with Gasteiger partial charge in [-0.3, -0.25) is 0 Å². The number of halogens is 2. The van der Waals surface area contributed by atoms with Gasteiger partial charge in [0.05, 0.1) is 0 Å².